The number of hydrogen-bond acceptors (Lipinski definition) is 3. The van der Waals surface area contributed by atoms with Crippen LogP contribution in [0.2, 0.25) is 0 Å². The fourth-order valence-electron chi connectivity index (χ4n) is 1.60. The second kappa shape index (κ2) is 5.40. The molecule has 4 heteroatoms. The normalized spacial score (nSPS) is 10.1. The number of anilines is 1. The average molecular weight is 247 g/mol. The van der Waals surface area contributed by atoms with E-state index < -0.39 is 0 Å². The van der Waals surface area contributed by atoms with Gasteiger partial charge in [-0.25, -0.2) is 4.39 Å². The number of benzene rings is 2. The minimum Gasteiger partial charge on any atom is -0.494 e. The second-order valence-electron chi connectivity index (χ2n) is 3.75. The van der Waals surface area contributed by atoms with Crippen molar-refractivity contribution in [3.8, 4) is 11.5 Å². The number of para-hydroxylation sites is 1. The Hall–Kier alpha value is -2.23. The topological polar surface area (TPSA) is 44.5 Å². The van der Waals surface area contributed by atoms with Crippen LogP contribution in [0.25, 0.3) is 0 Å². The lowest BCUT2D eigenvalue weighted by molar-refractivity contribution is 0.299. The highest BCUT2D eigenvalue weighted by molar-refractivity contribution is 5.62. The van der Waals surface area contributed by atoms with E-state index in [1.54, 1.807) is 36.4 Å². The fourth-order valence-corrected chi connectivity index (χ4v) is 1.60. The maximum absolute atomic E-state index is 13.4. The van der Waals surface area contributed by atoms with E-state index in [9.17, 15) is 4.39 Å². The van der Waals surface area contributed by atoms with Crippen molar-refractivity contribution in [1.29, 1.82) is 0 Å². The van der Waals surface area contributed by atoms with Gasteiger partial charge < -0.3 is 15.2 Å². The van der Waals surface area contributed by atoms with Crippen molar-refractivity contribution < 1.29 is 13.9 Å². The predicted molar refractivity (Wildman–Crippen MR) is 68.1 cm³/mol. The molecule has 18 heavy (non-hydrogen) atoms. The van der Waals surface area contributed by atoms with Crippen molar-refractivity contribution in [1.82, 2.24) is 0 Å². The van der Waals surface area contributed by atoms with Gasteiger partial charge in [-0.15, -0.1) is 0 Å². The largest absolute Gasteiger partial charge is 0.494 e. The molecule has 2 aromatic rings. The molecule has 2 aromatic carbocycles. The number of nitrogen functional groups attached to an aromatic ring is 1. The summed E-state index contributed by atoms with van der Waals surface area (Å²) >= 11 is 0. The van der Waals surface area contributed by atoms with Crippen molar-refractivity contribution in [3.05, 3.63) is 53.8 Å². The summed E-state index contributed by atoms with van der Waals surface area (Å²) in [6.45, 7) is 0.129. The molecule has 2 rings (SSSR count). The molecular weight excluding hydrogens is 233 g/mol. The van der Waals surface area contributed by atoms with Gasteiger partial charge in [0.15, 0.2) is 0 Å². The van der Waals surface area contributed by atoms with Crippen LogP contribution >= 0.6 is 0 Å². The van der Waals surface area contributed by atoms with Crippen LogP contribution in [0.4, 0.5) is 10.1 Å². The third-order valence-corrected chi connectivity index (χ3v) is 2.59. The van der Waals surface area contributed by atoms with Crippen LogP contribution in [0.15, 0.2) is 42.5 Å². The standard InChI is InChI=1S/C14H14FNO2/c1-17-12-7-4-8-13(14(12)16)18-9-10-5-2-3-6-11(10)15/h2-8H,9,16H2,1H3. The molecule has 0 fully saturated rings. The Kier molecular flexibility index (Phi) is 3.67. The number of nitrogens with two attached hydrogens (primary N) is 1. The maximum Gasteiger partial charge on any atom is 0.146 e. The van der Waals surface area contributed by atoms with Gasteiger partial charge in [0.1, 0.15) is 29.6 Å². The Labute approximate surface area is 105 Å². The minimum atomic E-state index is -0.293. The molecule has 0 aromatic heterocycles. The van der Waals surface area contributed by atoms with E-state index in [2.05, 4.69) is 0 Å². The van der Waals surface area contributed by atoms with Gasteiger partial charge in [-0.2, -0.15) is 0 Å². The summed E-state index contributed by atoms with van der Waals surface area (Å²) < 4.78 is 24.0. The maximum atomic E-state index is 13.4. The summed E-state index contributed by atoms with van der Waals surface area (Å²) in [7, 11) is 1.53. The lowest BCUT2D eigenvalue weighted by Crippen LogP contribution is -2.01. The highest BCUT2D eigenvalue weighted by Crippen LogP contribution is 2.31. The van der Waals surface area contributed by atoms with Crippen molar-refractivity contribution in [2.75, 3.05) is 12.8 Å². The van der Waals surface area contributed by atoms with Gasteiger partial charge in [0.05, 0.1) is 7.11 Å². The summed E-state index contributed by atoms with van der Waals surface area (Å²) in [5, 5.41) is 0. The Bertz CT molecular complexity index is 543. The highest BCUT2D eigenvalue weighted by Gasteiger charge is 2.07. The Balaban J connectivity index is 2.14. The lowest BCUT2D eigenvalue weighted by atomic mass is 10.2. The van der Waals surface area contributed by atoms with Crippen LogP contribution < -0.4 is 15.2 Å². The SMILES string of the molecule is COc1cccc(OCc2ccccc2F)c1N. The first-order valence-electron chi connectivity index (χ1n) is 5.51. The monoisotopic (exact) mass is 247 g/mol. The van der Waals surface area contributed by atoms with Gasteiger partial charge in [-0.3, -0.25) is 0 Å². The summed E-state index contributed by atoms with van der Waals surface area (Å²) in [4.78, 5) is 0. The van der Waals surface area contributed by atoms with Gasteiger partial charge in [0.25, 0.3) is 0 Å². The molecule has 0 aliphatic rings. The number of ether oxygens (including phenoxy) is 2. The number of hydrogen-bond donors (Lipinski definition) is 1. The quantitative estimate of drug-likeness (QED) is 0.845. The summed E-state index contributed by atoms with van der Waals surface area (Å²) in [6, 6.07) is 11.7. The first-order chi connectivity index (χ1) is 8.72. The lowest BCUT2D eigenvalue weighted by Gasteiger charge is -2.11. The second-order valence-corrected chi connectivity index (χ2v) is 3.75. The zero-order valence-corrected chi connectivity index (χ0v) is 10.0. The van der Waals surface area contributed by atoms with E-state index in [-0.39, 0.29) is 12.4 Å². The zero-order valence-electron chi connectivity index (χ0n) is 10.0. The van der Waals surface area contributed by atoms with E-state index in [1.807, 2.05) is 0 Å². The van der Waals surface area contributed by atoms with Crippen LogP contribution in [0.1, 0.15) is 5.56 Å². The van der Waals surface area contributed by atoms with Crippen LogP contribution in [0.5, 0.6) is 11.5 Å². The van der Waals surface area contributed by atoms with Gasteiger partial charge in [0.2, 0.25) is 0 Å². The van der Waals surface area contributed by atoms with Crippen molar-refractivity contribution in [2.45, 2.75) is 6.61 Å². The fraction of sp³-hybridized carbons (Fsp3) is 0.143. The summed E-state index contributed by atoms with van der Waals surface area (Å²) in [5.41, 5.74) is 6.75. The predicted octanol–water partition coefficient (Wildman–Crippen LogP) is 3.00. The van der Waals surface area contributed by atoms with E-state index >= 15 is 0 Å². The third kappa shape index (κ3) is 2.53. The van der Waals surface area contributed by atoms with Crippen LogP contribution in [0, 0.1) is 5.82 Å². The van der Waals surface area contributed by atoms with Crippen LogP contribution in [-0.2, 0) is 6.61 Å². The molecule has 2 N–H and O–H groups in total. The highest BCUT2D eigenvalue weighted by atomic mass is 19.1. The van der Waals surface area contributed by atoms with Crippen molar-refractivity contribution >= 4 is 5.69 Å². The molecule has 0 saturated heterocycles. The third-order valence-electron chi connectivity index (χ3n) is 2.59. The molecule has 3 nitrogen and oxygen atoms in total. The molecule has 94 valence electrons. The smallest absolute Gasteiger partial charge is 0.146 e. The minimum absolute atomic E-state index is 0.129. The molecule has 0 aliphatic carbocycles. The number of halogens is 1. The van der Waals surface area contributed by atoms with Gasteiger partial charge in [-0.1, -0.05) is 24.3 Å². The first-order valence-corrected chi connectivity index (χ1v) is 5.51. The number of methoxy groups -OCH3 is 1. The van der Waals surface area contributed by atoms with Gasteiger partial charge in [-0.05, 0) is 18.2 Å². The molecule has 0 amide bonds. The summed E-state index contributed by atoms with van der Waals surface area (Å²) in [6.07, 6.45) is 0. The molecule has 0 atom stereocenters. The van der Waals surface area contributed by atoms with Crippen molar-refractivity contribution in [3.63, 3.8) is 0 Å². The van der Waals surface area contributed by atoms with E-state index in [4.69, 9.17) is 15.2 Å². The Morgan fingerprint density at radius 1 is 1.06 bits per heavy atom. The van der Waals surface area contributed by atoms with Crippen molar-refractivity contribution in [2.24, 2.45) is 0 Å². The Morgan fingerprint density at radius 2 is 1.78 bits per heavy atom. The molecule has 0 bridgehead atoms. The van der Waals surface area contributed by atoms with Gasteiger partial charge >= 0.3 is 0 Å². The first kappa shape index (κ1) is 12.2. The van der Waals surface area contributed by atoms with Gasteiger partial charge in [0, 0.05) is 5.56 Å². The van der Waals surface area contributed by atoms with E-state index in [1.165, 1.54) is 13.2 Å². The molecule has 0 saturated carbocycles. The van der Waals surface area contributed by atoms with E-state index in [0.29, 0.717) is 22.7 Å². The Morgan fingerprint density at radius 3 is 2.50 bits per heavy atom. The molecule has 0 aliphatic heterocycles. The molecule has 0 heterocycles. The molecular formula is C14H14FNO2. The number of rotatable bonds is 4. The van der Waals surface area contributed by atoms with Crippen LogP contribution in [-0.4, -0.2) is 7.11 Å². The average Bonchev–Trinajstić information content (AvgIpc) is 2.39. The molecule has 0 unspecified atom stereocenters. The zero-order chi connectivity index (χ0) is 13.0. The van der Waals surface area contributed by atoms with E-state index in [0.717, 1.165) is 0 Å². The molecule has 0 radical (unpaired) electrons. The van der Waals surface area contributed by atoms with Crippen LogP contribution in [0.3, 0.4) is 0 Å². The molecule has 0 spiro atoms. The summed E-state index contributed by atoms with van der Waals surface area (Å²) in [5.74, 6) is 0.734.